The summed E-state index contributed by atoms with van der Waals surface area (Å²) in [5, 5.41) is 4.07. The number of methoxy groups -OCH3 is 1. The predicted octanol–water partition coefficient (Wildman–Crippen LogP) is 3.91. The second kappa shape index (κ2) is 6.73. The molecule has 2 rings (SSSR count). The Bertz CT molecular complexity index is 584. The summed E-state index contributed by atoms with van der Waals surface area (Å²) in [7, 11) is 1.66. The Labute approximate surface area is 124 Å². The molecule has 4 heteroatoms. The Morgan fingerprint density at radius 1 is 1.25 bits per heavy atom. The normalized spacial score (nSPS) is 10.8. The van der Waals surface area contributed by atoms with E-state index in [4.69, 9.17) is 16.3 Å². The maximum atomic E-state index is 6.08. The van der Waals surface area contributed by atoms with Crippen molar-refractivity contribution in [2.75, 3.05) is 7.11 Å². The second-order valence-corrected chi connectivity index (χ2v) is 5.40. The average Bonchev–Trinajstić information content (AvgIpc) is 2.45. The van der Waals surface area contributed by atoms with Gasteiger partial charge in [-0.3, -0.25) is 4.98 Å². The first-order chi connectivity index (χ1) is 9.60. The van der Waals surface area contributed by atoms with E-state index >= 15 is 0 Å². The highest BCUT2D eigenvalue weighted by atomic mass is 35.5. The Kier molecular flexibility index (Phi) is 4.99. The smallest absolute Gasteiger partial charge is 0.126 e. The fourth-order valence-corrected chi connectivity index (χ4v) is 2.13. The minimum absolute atomic E-state index is 0.444. The van der Waals surface area contributed by atoms with Gasteiger partial charge in [0.25, 0.3) is 0 Å². The Morgan fingerprint density at radius 2 is 2.05 bits per heavy atom. The molecule has 0 aliphatic rings. The van der Waals surface area contributed by atoms with Crippen LogP contribution in [0.3, 0.4) is 0 Å². The van der Waals surface area contributed by atoms with Crippen molar-refractivity contribution in [2.24, 2.45) is 0 Å². The SMILES string of the molecule is COc1ccc(Cl)cc1-c1cncc(CNC(C)C)c1. The summed E-state index contributed by atoms with van der Waals surface area (Å²) in [5.41, 5.74) is 3.10. The molecule has 0 aliphatic carbocycles. The Hall–Kier alpha value is -1.58. The lowest BCUT2D eigenvalue weighted by atomic mass is 10.0. The predicted molar refractivity (Wildman–Crippen MR) is 83.2 cm³/mol. The zero-order valence-corrected chi connectivity index (χ0v) is 12.7. The largest absolute Gasteiger partial charge is 0.496 e. The summed E-state index contributed by atoms with van der Waals surface area (Å²) in [4.78, 5) is 4.31. The van der Waals surface area contributed by atoms with E-state index in [-0.39, 0.29) is 0 Å². The Balaban J connectivity index is 2.33. The molecule has 0 fully saturated rings. The maximum Gasteiger partial charge on any atom is 0.126 e. The fraction of sp³-hybridized carbons (Fsp3) is 0.312. The highest BCUT2D eigenvalue weighted by Gasteiger charge is 2.08. The molecular weight excluding hydrogens is 272 g/mol. The van der Waals surface area contributed by atoms with Crippen LogP contribution in [0.1, 0.15) is 19.4 Å². The molecule has 0 bridgehead atoms. The van der Waals surface area contributed by atoms with Crippen LogP contribution in [0.15, 0.2) is 36.7 Å². The first-order valence-electron chi connectivity index (χ1n) is 6.61. The van der Waals surface area contributed by atoms with Crippen LogP contribution in [-0.2, 0) is 6.54 Å². The molecule has 0 atom stereocenters. The summed E-state index contributed by atoms with van der Waals surface area (Å²) < 4.78 is 5.39. The van der Waals surface area contributed by atoms with Crippen LogP contribution in [0.4, 0.5) is 0 Å². The van der Waals surface area contributed by atoms with E-state index in [1.807, 2.05) is 30.6 Å². The van der Waals surface area contributed by atoms with Crippen LogP contribution in [0, 0.1) is 0 Å². The zero-order chi connectivity index (χ0) is 14.5. The van der Waals surface area contributed by atoms with Gasteiger partial charge in [-0.2, -0.15) is 0 Å². The number of halogens is 1. The number of rotatable bonds is 5. The lowest BCUT2D eigenvalue weighted by molar-refractivity contribution is 0.416. The third-order valence-corrected chi connectivity index (χ3v) is 3.22. The lowest BCUT2D eigenvalue weighted by Crippen LogP contribution is -2.21. The summed E-state index contributed by atoms with van der Waals surface area (Å²) in [6.07, 6.45) is 3.70. The molecule has 0 spiro atoms. The van der Waals surface area contributed by atoms with Gasteiger partial charge < -0.3 is 10.1 Å². The van der Waals surface area contributed by atoms with Crippen molar-refractivity contribution < 1.29 is 4.74 Å². The number of benzene rings is 1. The summed E-state index contributed by atoms with van der Waals surface area (Å²) in [5.74, 6) is 0.796. The standard InChI is InChI=1S/C16H19ClN2O/c1-11(2)19-9-12-6-13(10-18-8-12)15-7-14(17)4-5-16(15)20-3/h4-8,10-11,19H,9H2,1-3H3. The van der Waals surface area contributed by atoms with Crippen molar-refractivity contribution in [1.29, 1.82) is 0 Å². The quantitative estimate of drug-likeness (QED) is 0.906. The Morgan fingerprint density at radius 3 is 2.75 bits per heavy atom. The fourth-order valence-electron chi connectivity index (χ4n) is 1.96. The molecule has 1 N–H and O–H groups in total. The van der Waals surface area contributed by atoms with E-state index in [9.17, 15) is 0 Å². The average molecular weight is 291 g/mol. The van der Waals surface area contributed by atoms with Crippen LogP contribution >= 0.6 is 11.6 Å². The molecule has 2 aromatic rings. The van der Waals surface area contributed by atoms with E-state index in [0.29, 0.717) is 11.1 Å². The van der Waals surface area contributed by atoms with E-state index in [0.717, 1.165) is 29.0 Å². The number of hydrogen-bond acceptors (Lipinski definition) is 3. The number of nitrogens with one attached hydrogen (secondary N) is 1. The maximum absolute atomic E-state index is 6.08. The van der Waals surface area contributed by atoms with Gasteiger partial charge in [-0.1, -0.05) is 25.4 Å². The van der Waals surface area contributed by atoms with Crippen molar-refractivity contribution in [3.8, 4) is 16.9 Å². The van der Waals surface area contributed by atoms with Crippen LogP contribution < -0.4 is 10.1 Å². The monoisotopic (exact) mass is 290 g/mol. The van der Waals surface area contributed by atoms with Crippen molar-refractivity contribution in [3.05, 3.63) is 47.2 Å². The van der Waals surface area contributed by atoms with Crippen LogP contribution in [-0.4, -0.2) is 18.1 Å². The van der Waals surface area contributed by atoms with Gasteiger partial charge >= 0.3 is 0 Å². The highest BCUT2D eigenvalue weighted by Crippen LogP contribution is 2.32. The van der Waals surface area contributed by atoms with Gasteiger partial charge in [0, 0.05) is 41.1 Å². The molecule has 106 valence electrons. The molecule has 0 aliphatic heterocycles. The van der Waals surface area contributed by atoms with Crippen LogP contribution in [0.25, 0.3) is 11.1 Å². The van der Waals surface area contributed by atoms with Crippen molar-refractivity contribution in [3.63, 3.8) is 0 Å². The molecule has 0 unspecified atom stereocenters. The number of hydrogen-bond donors (Lipinski definition) is 1. The highest BCUT2D eigenvalue weighted by molar-refractivity contribution is 6.31. The molecule has 3 nitrogen and oxygen atoms in total. The van der Waals surface area contributed by atoms with E-state index in [1.165, 1.54) is 0 Å². The van der Waals surface area contributed by atoms with E-state index in [1.54, 1.807) is 7.11 Å². The number of nitrogens with zero attached hydrogens (tertiary/aromatic N) is 1. The third-order valence-electron chi connectivity index (χ3n) is 2.98. The van der Waals surface area contributed by atoms with Gasteiger partial charge in [0.05, 0.1) is 7.11 Å². The summed E-state index contributed by atoms with van der Waals surface area (Å²) in [6, 6.07) is 8.14. The third kappa shape index (κ3) is 3.71. The van der Waals surface area contributed by atoms with Crippen molar-refractivity contribution in [1.82, 2.24) is 10.3 Å². The molecule has 1 heterocycles. The van der Waals surface area contributed by atoms with Gasteiger partial charge in [-0.25, -0.2) is 0 Å². The first-order valence-corrected chi connectivity index (χ1v) is 6.99. The summed E-state index contributed by atoms with van der Waals surface area (Å²) >= 11 is 6.08. The van der Waals surface area contributed by atoms with Crippen LogP contribution in [0.2, 0.25) is 5.02 Å². The van der Waals surface area contributed by atoms with E-state index in [2.05, 4.69) is 30.2 Å². The van der Waals surface area contributed by atoms with E-state index < -0.39 is 0 Å². The number of ether oxygens (including phenoxy) is 1. The molecule has 20 heavy (non-hydrogen) atoms. The molecule has 0 saturated heterocycles. The first kappa shape index (κ1) is 14.8. The van der Waals surface area contributed by atoms with Crippen molar-refractivity contribution >= 4 is 11.6 Å². The molecule has 0 saturated carbocycles. The van der Waals surface area contributed by atoms with Gasteiger partial charge in [0.15, 0.2) is 0 Å². The molecule has 0 radical (unpaired) electrons. The minimum atomic E-state index is 0.444. The second-order valence-electron chi connectivity index (χ2n) is 4.96. The summed E-state index contributed by atoms with van der Waals surface area (Å²) in [6.45, 7) is 5.04. The zero-order valence-electron chi connectivity index (χ0n) is 12.0. The van der Waals surface area contributed by atoms with Crippen LogP contribution in [0.5, 0.6) is 5.75 Å². The van der Waals surface area contributed by atoms with Gasteiger partial charge in [-0.15, -0.1) is 0 Å². The van der Waals surface area contributed by atoms with Gasteiger partial charge in [0.1, 0.15) is 5.75 Å². The minimum Gasteiger partial charge on any atom is -0.496 e. The molecule has 1 aromatic heterocycles. The molecule has 0 amide bonds. The lowest BCUT2D eigenvalue weighted by Gasteiger charge is -2.11. The molecule has 1 aromatic carbocycles. The van der Waals surface area contributed by atoms with Crippen molar-refractivity contribution in [2.45, 2.75) is 26.4 Å². The number of aromatic nitrogens is 1. The number of pyridine rings is 1. The van der Waals surface area contributed by atoms with Gasteiger partial charge in [-0.05, 0) is 29.8 Å². The van der Waals surface area contributed by atoms with Gasteiger partial charge in [0.2, 0.25) is 0 Å². The molecular formula is C16H19ClN2O. The topological polar surface area (TPSA) is 34.1 Å².